The maximum Gasteiger partial charge on any atom is 0.270 e. The first-order chi connectivity index (χ1) is 11.9. The van der Waals surface area contributed by atoms with Gasteiger partial charge in [-0.3, -0.25) is 9.59 Å². The molecule has 132 valence electrons. The standard InChI is InChI=1S/C20H24N2O3/c1-12-10-22(11-17(25-12)16-8-6-5-7-9-16)20(24)19-13(2)18(15(4)23)14(3)21-19/h5-9,12,17,21H,10-11H2,1-4H3/t12-,17+/m0/s1. The number of benzene rings is 1. The van der Waals surface area contributed by atoms with Crippen molar-refractivity contribution in [3.8, 4) is 0 Å². The van der Waals surface area contributed by atoms with Gasteiger partial charge in [-0.1, -0.05) is 30.3 Å². The SMILES string of the molecule is CC(=O)c1c(C)[nH]c(C(=O)N2C[C@H](C)O[C@@H](c3ccccc3)C2)c1C. The van der Waals surface area contributed by atoms with Crippen LogP contribution < -0.4 is 0 Å². The lowest BCUT2D eigenvalue weighted by atomic mass is 10.0. The molecule has 1 saturated heterocycles. The zero-order valence-electron chi connectivity index (χ0n) is 15.1. The number of rotatable bonds is 3. The van der Waals surface area contributed by atoms with Gasteiger partial charge in [0.1, 0.15) is 11.8 Å². The van der Waals surface area contributed by atoms with E-state index in [4.69, 9.17) is 4.74 Å². The molecule has 2 heterocycles. The van der Waals surface area contributed by atoms with Crippen molar-refractivity contribution in [2.75, 3.05) is 13.1 Å². The molecular weight excluding hydrogens is 316 g/mol. The Labute approximate surface area is 148 Å². The van der Waals surface area contributed by atoms with Crippen LogP contribution in [0, 0.1) is 13.8 Å². The van der Waals surface area contributed by atoms with Crippen LogP contribution >= 0.6 is 0 Å². The maximum atomic E-state index is 13.1. The van der Waals surface area contributed by atoms with Gasteiger partial charge in [0.25, 0.3) is 5.91 Å². The van der Waals surface area contributed by atoms with Crippen molar-refractivity contribution in [3.63, 3.8) is 0 Å². The zero-order chi connectivity index (χ0) is 18.1. The maximum absolute atomic E-state index is 13.1. The predicted molar refractivity (Wildman–Crippen MR) is 95.9 cm³/mol. The predicted octanol–water partition coefficient (Wildman–Crippen LogP) is 3.44. The van der Waals surface area contributed by atoms with Crippen LogP contribution in [0.15, 0.2) is 30.3 Å². The number of aromatic amines is 1. The number of nitrogens with one attached hydrogen (secondary N) is 1. The molecule has 0 aliphatic carbocycles. The summed E-state index contributed by atoms with van der Waals surface area (Å²) < 4.78 is 6.03. The fourth-order valence-electron chi connectivity index (χ4n) is 3.62. The Bertz CT molecular complexity index is 795. The number of carbonyl (C=O) groups excluding carboxylic acids is 2. The van der Waals surface area contributed by atoms with Gasteiger partial charge >= 0.3 is 0 Å². The quantitative estimate of drug-likeness (QED) is 0.871. The molecular formula is C20H24N2O3. The molecule has 0 spiro atoms. The van der Waals surface area contributed by atoms with Crippen molar-refractivity contribution in [1.29, 1.82) is 0 Å². The zero-order valence-corrected chi connectivity index (χ0v) is 15.1. The summed E-state index contributed by atoms with van der Waals surface area (Å²) in [4.78, 5) is 29.8. The Morgan fingerprint density at radius 3 is 2.44 bits per heavy atom. The van der Waals surface area contributed by atoms with E-state index >= 15 is 0 Å². The van der Waals surface area contributed by atoms with Crippen molar-refractivity contribution in [2.24, 2.45) is 0 Å². The Morgan fingerprint density at radius 2 is 1.84 bits per heavy atom. The minimum Gasteiger partial charge on any atom is -0.367 e. The molecule has 1 fully saturated rings. The van der Waals surface area contributed by atoms with Gasteiger partial charge in [0.2, 0.25) is 0 Å². The first-order valence-corrected chi connectivity index (χ1v) is 8.58. The van der Waals surface area contributed by atoms with Crippen LogP contribution in [0.5, 0.6) is 0 Å². The number of morpholine rings is 1. The summed E-state index contributed by atoms with van der Waals surface area (Å²) in [6.07, 6.45) is -0.191. The van der Waals surface area contributed by atoms with E-state index in [1.807, 2.05) is 56.0 Å². The highest BCUT2D eigenvalue weighted by atomic mass is 16.5. The number of hydrogen-bond donors (Lipinski definition) is 1. The Kier molecular flexibility index (Phi) is 4.77. The topological polar surface area (TPSA) is 62.4 Å². The van der Waals surface area contributed by atoms with Crippen molar-refractivity contribution in [2.45, 2.75) is 39.9 Å². The van der Waals surface area contributed by atoms with Crippen LogP contribution in [0.4, 0.5) is 0 Å². The molecule has 0 unspecified atom stereocenters. The average molecular weight is 340 g/mol. The normalized spacial score (nSPS) is 20.6. The van der Waals surface area contributed by atoms with E-state index in [1.165, 1.54) is 6.92 Å². The van der Waals surface area contributed by atoms with Gasteiger partial charge in [-0.15, -0.1) is 0 Å². The number of amides is 1. The minimum absolute atomic E-state index is 0.0252. The molecule has 1 aliphatic heterocycles. The number of aromatic nitrogens is 1. The lowest BCUT2D eigenvalue weighted by Gasteiger charge is -2.37. The molecule has 2 atom stereocenters. The molecule has 5 nitrogen and oxygen atoms in total. The van der Waals surface area contributed by atoms with Gasteiger partial charge in [0.15, 0.2) is 5.78 Å². The molecule has 0 bridgehead atoms. The fraction of sp³-hybridized carbons (Fsp3) is 0.400. The summed E-state index contributed by atoms with van der Waals surface area (Å²) in [6.45, 7) is 8.19. The van der Waals surface area contributed by atoms with Crippen LogP contribution in [-0.2, 0) is 4.74 Å². The molecule has 3 rings (SSSR count). The molecule has 0 radical (unpaired) electrons. The second-order valence-corrected chi connectivity index (χ2v) is 6.74. The van der Waals surface area contributed by atoms with E-state index in [-0.39, 0.29) is 23.9 Å². The molecule has 2 aromatic rings. The van der Waals surface area contributed by atoms with Gasteiger partial charge in [-0.2, -0.15) is 0 Å². The molecule has 1 aromatic carbocycles. The van der Waals surface area contributed by atoms with Crippen molar-refractivity contribution >= 4 is 11.7 Å². The number of aryl methyl sites for hydroxylation is 1. The van der Waals surface area contributed by atoms with E-state index in [0.717, 1.165) is 16.8 Å². The molecule has 1 aliphatic rings. The van der Waals surface area contributed by atoms with Gasteiger partial charge in [0, 0.05) is 17.8 Å². The lowest BCUT2D eigenvalue weighted by Crippen LogP contribution is -2.46. The molecule has 1 aromatic heterocycles. The van der Waals surface area contributed by atoms with E-state index in [1.54, 1.807) is 0 Å². The highest BCUT2D eigenvalue weighted by molar-refractivity contribution is 6.02. The summed E-state index contributed by atoms with van der Waals surface area (Å²) in [5, 5.41) is 0. The molecule has 1 N–H and O–H groups in total. The third-order valence-electron chi connectivity index (χ3n) is 4.72. The van der Waals surface area contributed by atoms with Crippen LogP contribution in [0.3, 0.4) is 0 Å². The third kappa shape index (κ3) is 3.37. The lowest BCUT2D eigenvalue weighted by molar-refractivity contribution is -0.0693. The summed E-state index contributed by atoms with van der Waals surface area (Å²) in [6, 6.07) is 9.95. The third-order valence-corrected chi connectivity index (χ3v) is 4.72. The van der Waals surface area contributed by atoms with Gasteiger partial charge in [0.05, 0.1) is 12.6 Å². The van der Waals surface area contributed by atoms with Crippen molar-refractivity contribution in [3.05, 3.63) is 58.4 Å². The highest BCUT2D eigenvalue weighted by Crippen LogP contribution is 2.27. The molecule has 1 amide bonds. The molecule has 0 saturated carbocycles. The van der Waals surface area contributed by atoms with Crippen molar-refractivity contribution < 1.29 is 14.3 Å². The smallest absolute Gasteiger partial charge is 0.270 e. The van der Waals surface area contributed by atoms with E-state index < -0.39 is 0 Å². The van der Waals surface area contributed by atoms with E-state index in [0.29, 0.717) is 24.3 Å². The Balaban J connectivity index is 1.87. The van der Waals surface area contributed by atoms with Crippen LogP contribution in [0.25, 0.3) is 0 Å². The average Bonchev–Trinajstić information content (AvgIpc) is 2.89. The second-order valence-electron chi connectivity index (χ2n) is 6.74. The van der Waals surface area contributed by atoms with Crippen LogP contribution in [-0.4, -0.2) is 40.8 Å². The number of hydrogen-bond acceptors (Lipinski definition) is 3. The monoisotopic (exact) mass is 340 g/mol. The van der Waals surface area contributed by atoms with E-state index in [9.17, 15) is 9.59 Å². The highest BCUT2D eigenvalue weighted by Gasteiger charge is 2.32. The molecule has 25 heavy (non-hydrogen) atoms. The first kappa shape index (κ1) is 17.4. The molecule has 5 heteroatoms. The van der Waals surface area contributed by atoms with Gasteiger partial charge in [-0.25, -0.2) is 0 Å². The summed E-state index contributed by atoms with van der Waals surface area (Å²) in [7, 11) is 0. The summed E-state index contributed by atoms with van der Waals surface area (Å²) in [5.74, 6) is -0.105. The fourth-order valence-corrected chi connectivity index (χ4v) is 3.62. The summed E-state index contributed by atoms with van der Waals surface area (Å²) >= 11 is 0. The van der Waals surface area contributed by atoms with Gasteiger partial charge < -0.3 is 14.6 Å². The minimum atomic E-state index is -0.141. The Morgan fingerprint density at radius 1 is 1.16 bits per heavy atom. The Hall–Kier alpha value is -2.40. The van der Waals surface area contributed by atoms with Crippen LogP contribution in [0.1, 0.15) is 57.6 Å². The number of Topliss-reactive ketones (excluding diaryl/α,β-unsaturated/α-hetero) is 1. The number of nitrogens with zero attached hydrogens (tertiary/aromatic N) is 1. The summed E-state index contributed by atoms with van der Waals surface area (Å²) in [5.41, 5.74) is 3.66. The number of H-pyrrole nitrogens is 1. The van der Waals surface area contributed by atoms with E-state index in [2.05, 4.69) is 4.98 Å². The second kappa shape index (κ2) is 6.84. The number of ketones is 1. The van der Waals surface area contributed by atoms with Crippen molar-refractivity contribution in [1.82, 2.24) is 9.88 Å². The largest absolute Gasteiger partial charge is 0.367 e. The number of ether oxygens (including phenoxy) is 1. The first-order valence-electron chi connectivity index (χ1n) is 8.58. The number of carbonyl (C=O) groups is 2. The van der Waals surface area contributed by atoms with Crippen LogP contribution in [0.2, 0.25) is 0 Å². The van der Waals surface area contributed by atoms with Gasteiger partial charge in [-0.05, 0) is 38.8 Å².